The predicted molar refractivity (Wildman–Crippen MR) is 76.0 cm³/mol. The van der Waals surface area contributed by atoms with Crippen LogP contribution in [0.15, 0.2) is 18.2 Å². The Morgan fingerprint density at radius 2 is 2.11 bits per heavy atom. The Morgan fingerprint density at radius 1 is 1.37 bits per heavy atom. The molecule has 1 aromatic rings. The third-order valence-corrected chi connectivity index (χ3v) is 3.88. The van der Waals surface area contributed by atoms with Gasteiger partial charge in [-0.3, -0.25) is 0 Å². The van der Waals surface area contributed by atoms with Crippen LogP contribution in [0, 0.1) is 17.2 Å². The van der Waals surface area contributed by atoms with Crippen molar-refractivity contribution in [2.75, 3.05) is 20.7 Å². The number of ether oxygens (including phenoxy) is 1. The number of nitriles is 1. The molecule has 1 aliphatic carbocycles. The monoisotopic (exact) mass is 258 g/mol. The minimum atomic E-state index is 0.620. The van der Waals surface area contributed by atoms with Gasteiger partial charge in [0.15, 0.2) is 0 Å². The van der Waals surface area contributed by atoms with Crippen LogP contribution in [-0.4, -0.2) is 25.6 Å². The fraction of sp³-hybridized carbons (Fsp3) is 0.562. The third kappa shape index (κ3) is 3.71. The molecule has 1 saturated carbocycles. The van der Waals surface area contributed by atoms with Crippen LogP contribution in [0.1, 0.15) is 36.8 Å². The molecule has 0 radical (unpaired) electrons. The van der Waals surface area contributed by atoms with Gasteiger partial charge in [-0.05, 0) is 43.5 Å². The van der Waals surface area contributed by atoms with Crippen molar-refractivity contribution >= 4 is 0 Å². The summed E-state index contributed by atoms with van der Waals surface area (Å²) in [5.41, 5.74) is 1.80. The second-order valence-corrected chi connectivity index (χ2v) is 5.49. The molecule has 0 heterocycles. The van der Waals surface area contributed by atoms with Crippen LogP contribution in [0.4, 0.5) is 0 Å². The van der Waals surface area contributed by atoms with Crippen LogP contribution in [0.5, 0.6) is 5.75 Å². The summed E-state index contributed by atoms with van der Waals surface area (Å²) >= 11 is 0. The number of nitrogens with zero attached hydrogens (tertiary/aromatic N) is 2. The number of methoxy groups -OCH3 is 1. The minimum absolute atomic E-state index is 0.620. The lowest BCUT2D eigenvalue weighted by Crippen LogP contribution is -2.24. The van der Waals surface area contributed by atoms with Crippen LogP contribution in [0.3, 0.4) is 0 Å². The molecule has 0 bridgehead atoms. The summed E-state index contributed by atoms with van der Waals surface area (Å²) in [5.74, 6) is 1.52. The number of hydrogen-bond acceptors (Lipinski definition) is 3. The first-order valence-electron chi connectivity index (χ1n) is 6.98. The van der Waals surface area contributed by atoms with E-state index in [0.29, 0.717) is 11.3 Å². The SMILES string of the molecule is COc1ccc(CN(C)CC2CCCC2)cc1C#N. The minimum Gasteiger partial charge on any atom is -0.495 e. The molecule has 0 unspecified atom stereocenters. The van der Waals surface area contributed by atoms with E-state index < -0.39 is 0 Å². The molecular weight excluding hydrogens is 236 g/mol. The first-order chi connectivity index (χ1) is 9.22. The van der Waals surface area contributed by atoms with Gasteiger partial charge in [-0.2, -0.15) is 5.26 Å². The molecule has 0 saturated heterocycles. The van der Waals surface area contributed by atoms with E-state index in [1.807, 2.05) is 18.2 Å². The average molecular weight is 258 g/mol. The molecule has 0 aliphatic heterocycles. The zero-order chi connectivity index (χ0) is 13.7. The van der Waals surface area contributed by atoms with Gasteiger partial charge in [0.05, 0.1) is 12.7 Å². The highest BCUT2D eigenvalue weighted by Gasteiger charge is 2.17. The largest absolute Gasteiger partial charge is 0.495 e. The van der Waals surface area contributed by atoms with E-state index in [0.717, 1.165) is 19.0 Å². The maximum Gasteiger partial charge on any atom is 0.136 e. The second kappa shape index (κ2) is 6.58. The average Bonchev–Trinajstić information content (AvgIpc) is 2.91. The van der Waals surface area contributed by atoms with Gasteiger partial charge in [0, 0.05) is 13.1 Å². The zero-order valence-electron chi connectivity index (χ0n) is 11.9. The van der Waals surface area contributed by atoms with E-state index in [1.54, 1.807) is 7.11 Å². The Hall–Kier alpha value is -1.53. The van der Waals surface area contributed by atoms with Crippen molar-refractivity contribution in [2.45, 2.75) is 32.2 Å². The van der Waals surface area contributed by atoms with Crippen LogP contribution in [0.25, 0.3) is 0 Å². The van der Waals surface area contributed by atoms with Gasteiger partial charge in [-0.15, -0.1) is 0 Å². The van der Waals surface area contributed by atoms with Crippen molar-refractivity contribution < 1.29 is 4.74 Å². The predicted octanol–water partition coefficient (Wildman–Crippen LogP) is 3.19. The van der Waals surface area contributed by atoms with Crippen LogP contribution in [-0.2, 0) is 6.54 Å². The molecule has 3 nitrogen and oxygen atoms in total. The Kier molecular flexibility index (Phi) is 4.81. The summed E-state index contributed by atoms with van der Waals surface area (Å²) in [4.78, 5) is 2.36. The van der Waals surface area contributed by atoms with Crippen molar-refractivity contribution in [1.29, 1.82) is 5.26 Å². The fourth-order valence-corrected chi connectivity index (χ4v) is 2.95. The van der Waals surface area contributed by atoms with Gasteiger partial charge in [0.2, 0.25) is 0 Å². The quantitative estimate of drug-likeness (QED) is 0.813. The van der Waals surface area contributed by atoms with E-state index in [2.05, 4.69) is 18.0 Å². The molecule has 0 amide bonds. The van der Waals surface area contributed by atoms with Gasteiger partial charge in [0.25, 0.3) is 0 Å². The Balaban J connectivity index is 1.96. The lowest BCUT2D eigenvalue weighted by Gasteiger charge is -2.21. The van der Waals surface area contributed by atoms with Crippen molar-refractivity contribution in [3.8, 4) is 11.8 Å². The van der Waals surface area contributed by atoms with Gasteiger partial charge >= 0.3 is 0 Å². The summed E-state index contributed by atoms with van der Waals surface area (Å²) in [6.07, 6.45) is 5.52. The summed E-state index contributed by atoms with van der Waals surface area (Å²) in [6.45, 7) is 2.06. The highest BCUT2D eigenvalue weighted by molar-refractivity contribution is 5.45. The van der Waals surface area contributed by atoms with Gasteiger partial charge in [0.1, 0.15) is 11.8 Å². The van der Waals surface area contributed by atoms with E-state index in [9.17, 15) is 0 Å². The standard InChI is InChI=1S/C16H22N2O/c1-18(11-13-5-3-4-6-13)12-14-7-8-16(19-2)15(9-14)10-17/h7-9,13H,3-6,11-12H2,1-2H3. The van der Waals surface area contributed by atoms with Crippen LogP contribution < -0.4 is 4.74 Å². The first kappa shape index (κ1) is 13.9. The van der Waals surface area contributed by atoms with Gasteiger partial charge in [-0.25, -0.2) is 0 Å². The summed E-state index contributed by atoms with van der Waals surface area (Å²) in [5, 5.41) is 9.09. The molecule has 0 atom stereocenters. The van der Waals surface area contributed by atoms with Crippen molar-refractivity contribution in [1.82, 2.24) is 4.90 Å². The maximum atomic E-state index is 9.09. The second-order valence-electron chi connectivity index (χ2n) is 5.49. The molecular formula is C16H22N2O. The van der Waals surface area contributed by atoms with E-state index in [1.165, 1.54) is 31.2 Å². The normalized spacial score (nSPS) is 15.7. The van der Waals surface area contributed by atoms with Crippen LogP contribution >= 0.6 is 0 Å². The summed E-state index contributed by atoms with van der Waals surface area (Å²) in [7, 11) is 3.76. The summed E-state index contributed by atoms with van der Waals surface area (Å²) in [6, 6.07) is 8.06. The van der Waals surface area contributed by atoms with E-state index in [4.69, 9.17) is 10.00 Å². The third-order valence-electron chi connectivity index (χ3n) is 3.88. The first-order valence-corrected chi connectivity index (χ1v) is 6.98. The lowest BCUT2D eigenvalue weighted by atomic mass is 10.1. The van der Waals surface area contributed by atoms with E-state index >= 15 is 0 Å². The Bertz CT molecular complexity index is 458. The molecule has 0 N–H and O–H groups in total. The van der Waals surface area contributed by atoms with Gasteiger partial charge in [-0.1, -0.05) is 18.9 Å². The molecule has 1 fully saturated rings. The Morgan fingerprint density at radius 3 is 2.74 bits per heavy atom. The number of rotatable bonds is 5. The van der Waals surface area contributed by atoms with Crippen LogP contribution in [0.2, 0.25) is 0 Å². The molecule has 1 aromatic carbocycles. The molecule has 3 heteroatoms. The van der Waals surface area contributed by atoms with E-state index in [-0.39, 0.29) is 0 Å². The molecule has 19 heavy (non-hydrogen) atoms. The molecule has 0 spiro atoms. The highest BCUT2D eigenvalue weighted by Crippen LogP contribution is 2.26. The van der Waals surface area contributed by atoms with Crippen molar-refractivity contribution in [3.63, 3.8) is 0 Å². The molecule has 2 rings (SSSR count). The lowest BCUT2D eigenvalue weighted by molar-refractivity contribution is 0.271. The topological polar surface area (TPSA) is 36.3 Å². The molecule has 102 valence electrons. The zero-order valence-corrected chi connectivity index (χ0v) is 11.9. The smallest absolute Gasteiger partial charge is 0.136 e. The maximum absolute atomic E-state index is 9.09. The number of benzene rings is 1. The fourth-order valence-electron chi connectivity index (χ4n) is 2.95. The van der Waals surface area contributed by atoms with Crippen molar-refractivity contribution in [2.24, 2.45) is 5.92 Å². The van der Waals surface area contributed by atoms with Crippen molar-refractivity contribution in [3.05, 3.63) is 29.3 Å². The molecule has 1 aliphatic rings. The highest BCUT2D eigenvalue weighted by atomic mass is 16.5. The Labute approximate surface area is 115 Å². The summed E-state index contributed by atoms with van der Waals surface area (Å²) < 4.78 is 5.17. The molecule has 0 aromatic heterocycles. The van der Waals surface area contributed by atoms with Gasteiger partial charge < -0.3 is 9.64 Å². The number of hydrogen-bond donors (Lipinski definition) is 0.